The molecule has 4 aromatic rings. The van der Waals surface area contributed by atoms with E-state index in [-0.39, 0.29) is 5.91 Å². The summed E-state index contributed by atoms with van der Waals surface area (Å²) in [7, 11) is 0. The van der Waals surface area contributed by atoms with Gasteiger partial charge >= 0.3 is 0 Å². The van der Waals surface area contributed by atoms with E-state index in [1.165, 1.54) is 29.1 Å². The fraction of sp³-hybridized carbons (Fsp3) is 0.0870. The predicted octanol–water partition coefficient (Wildman–Crippen LogP) is 5.76. The molecule has 2 N–H and O–H groups in total. The van der Waals surface area contributed by atoms with E-state index in [9.17, 15) is 4.79 Å². The lowest BCUT2D eigenvalue weighted by molar-refractivity contribution is -0.115. The largest absolute Gasteiger partial charge is 0.450 e. The first-order valence-corrected chi connectivity index (χ1v) is 11.4. The lowest BCUT2D eigenvalue weighted by Crippen LogP contribution is -2.19. The Hall–Kier alpha value is -3.23. The van der Waals surface area contributed by atoms with Crippen molar-refractivity contribution in [2.45, 2.75) is 23.6 Å². The minimum absolute atomic E-state index is 0.184. The number of fused-ring (bicyclic) bond motifs is 1. The van der Waals surface area contributed by atoms with Crippen LogP contribution in [0.3, 0.4) is 0 Å². The van der Waals surface area contributed by atoms with E-state index in [1.807, 2.05) is 60.7 Å². The van der Waals surface area contributed by atoms with Gasteiger partial charge in [-0.3, -0.25) is 4.79 Å². The lowest BCUT2D eigenvalue weighted by atomic mass is 10.2. The van der Waals surface area contributed by atoms with Gasteiger partial charge in [0.2, 0.25) is 0 Å². The second kappa shape index (κ2) is 8.49. The van der Waals surface area contributed by atoms with Crippen LogP contribution in [0.5, 0.6) is 0 Å². The molecule has 8 heteroatoms. The second-order valence-corrected chi connectivity index (χ2v) is 8.84. The summed E-state index contributed by atoms with van der Waals surface area (Å²) >= 11 is 2.70. The highest BCUT2D eigenvalue weighted by Gasteiger charge is 2.24. The van der Waals surface area contributed by atoms with Gasteiger partial charge in [-0.05, 0) is 71.9 Å². The summed E-state index contributed by atoms with van der Waals surface area (Å²) in [5, 5.41) is 4.82. The van der Waals surface area contributed by atoms with Crippen LogP contribution in [0.15, 0.2) is 85.2 Å². The first kappa shape index (κ1) is 19.7. The number of carbonyl (C=O) groups is 1. The maximum Gasteiger partial charge on any atom is 0.264 e. The number of aromatic amines is 1. The number of para-hydroxylation sites is 2. The van der Waals surface area contributed by atoms with E-state index in [1.54, 1.807) is 6.08 Å². The van der Waals surface area contributed by atoms with Crippen molar-refractivity contribution >= 4 is 57.4 Å². The number of aryl methyl sites for hydroxylation is 1. The van der Waals surface area contributed by atoms with E-state index < -0.39 is 0 Å². The van der Waals surface area contributed by atoms with Gasteiger partial charge < -0.3 is 14.7 Å². The van der Waals surface area contributed by atoms with Gasteiger partial charge in [0, 0.05) is 6.08 Å². The fourth-order valence-corrected chi connectivity index (χ4v) is 4.66. The Morgan fingerprint density at radius 1 is 1.13 bits per heavy atom. The van der Waals surface area contributed by atoms with Gasteiger partial charge in [0.1, 0.15) is 5.76 Å². The molecule has 0 bridgehead atoms. The Balaban J connectivity index is 1.29. The molecule has 31 heavy (non-hydrogen) atoms. The normalized spacial score (nSPS) is 16.5. The van der Waals surface area contributed by atoms with Gasteiger partial charge in [-0.15, -0.1) is 0 Å². The van der Waals surface area contributed by atoms with Gasteiger partial charge in [-0.25, -0.2) is 9.98 Å². The molecule has 1 fully saturated rings. The number of H-pyrrole nitrogens is 1. The van der Waals surface area contributed by atoms with Gasteiger partial charge in [-0.2, -0.15) is 0 Å². The summed E-state index contributed by atoms with van der Waals surface area (Å²) < 4.78 is 5.87. The number of carbonyl (C=O) groups excluding carboxylic acids is 1. The Morgan fingerprint density at radius 2 is 1.97 bits per heavy atom. The molecule has 0 radical (unpaired) electrons. The summed E-state index contributed by atoms with van der Waals surface area (Å²) in [4.78, 5) is 25.2. The van der Waals surface area contributed by atoms with Crippen molar-refractivity contribution in [2.24, 2.45) is 4.99 Å². The molecule has 0 atom stereocenters. The summed E-state index contributed by atoms with van der Waals surface area (Å²) in [5.41, 5.74) is 3.95. The molecule has 154 valence electrons. The number of nitrogens with one attached hydrogen (secondary N) is 2. The smallest absolute Gasteiger partial charge is 0.264 e. The minimum Gasteiger partial charge on any atom is -0.450 e. The highest BCUT2D eigenvalue weighted by Crippen LogP contribution is 2.32. The number of thioether (sulfide) groups is 1. The van der Waals surface area contributed by atoms with Crippen molar-refractivity contribution in [2.75, 3.05) is 0 Å². The van der Waals surface area contributed by atoms with E-state index in [4.69, 9.17) is 4.42 Å². The number of furan rings is 1. The summed E-state index contributed by atoms with van der Waals surface area (Å²) in [6.07, 6.45) is 2.71. The molecule has 2 aromatic heterocycles. The van der Waals surface area contributed by atoms with Gasteiger partial charge in [0.05, 0.1) is 21.6 Å². The van der Waals surface area contributed by atoms with E-state index in [0.29, 0.717) is 20.9 Å². The second-order valence-electron chi connectivity index (χ2n) is 6.82. The molecule has 0 saturated carbocycles. The Labute approximate surface area is 187 Å². The minimum atomic E-state index is -0.184. The molecular formula is C23H18N4O2S2. The number of aliphatic imine (C=N–C) groups is 1. The SMILES string of the molecule is CCc1ccc(N=C2NC(=O)/C(=C/c3ccc(Sc4nc5ccccc5[nH]4)o3)S2)cc1. The van der Waals surface area contributed by atoms with Crippen LogP contribution in [-0.2, 0) is 11.2 Å². The molecule has 0 unspecified atom stereocenters. The molecule has 1 saturated heterocycles. The Bertz CT molecular complexity index is 1290. The maximum absolute atomic E-state index is 12.3. The van der Waals surface area contributed by atoms with Crippen LogP contribution in [0.4, 0.5) is 5.69 Å². The number of rotatable bonds is 5. The number of imidazole rings is 1. The van der Waals surface area contributed by atoms with E-state index in [0.717, 1.165) is 28.3 Å². The highest BCUT2D eigenvalue weighted by molar-refractivity contribution is 8.18. The van der Waals surface area contributed by atoms with Crippen molar-refractivity contribution in [1.29, 1.82) is 0 Å². The lowest BCUT2D eigenvalue weighted by Gasteiger charge is -1.98. The molecule has 0 spiro atoms. The van der Waals surface area contributed by atoms with Crippen LogP contribution < -0.4 is 5.32 Å². The third-order valence-electron chi connectivity index (χ3n) is 4.67. The van der Waals surface area contributed by atoms with Crippen molar-refractivity contribution in [3.8, 4) is 0 Å². The fourth-order valence-electron chi connectivity index (χ4n) is 3.07. The van der Waals surface area contributed by atoms with Crippen LogP contribution >= 0.6 is 23.5 Å². The third-order valence-corrected chi connectivity index (χ3v) is 6.38. The highest BCUT2D eigenvalue weighted by atomic mass is 32.2. The number of nitrogens with zero attached hydrogens (tertiary/aromatic N) is 2. The molecule has 1 amide bonds. The van der Waals surface area contributed by atoms with Crippen molar-refractivity contribution < 1.29 is 9.21 Å². The number of hydrogen-bond donors (Lipinski definition) is 2. The van der Waals surface area contributed by atoms with Gasteiger partial charge in [0.25, 0.3) is 5.91 Å². The van der Waals surface area contributed by atoms with Crippen LogP contribution in [0, 0.1) is 0 Å². The molecule has 1 aliphatic rings. The van der Waals surface area contributed by atoms with E-state index >= 15 is 0 Å². The number of hydrogen-bond acceptors (Lipinski definition) is 6. The topological polar surface area (TPSA) is 83.3 Å². The summed E-state index contributed by atoms with van der Waals surface area (Å²) in [6.45, 7) is 2.11. The molecule has 6 nitrogen and oxygen atoms in total. The van der Waals surface area contributed by atoms with Crippen LogP contribution in [-0.4, -0.2) is 21.0 Å². The van der Waals surface area contributed by atoms with Crippen molar-refractivity contribution in [3.63, 3.8) is 0 Å². The van der Waals surface area contributed by atoms with Crippen molar-refractivity contribution in [1.82, 2.24) is 15.3 Å². The van der Waals surface area contributed by atoms with Gasteiger partial charge in [0.15, 0.2) is 15.4 Å². The molecule has 2 aromatic carbocycles. The van der Waals surface area contributed by atoms with E-state index in [2.05, 4.69) is 27.2 Å². The number of aromatic nitrogens is 2. The zero-order chi connectivity index (χ0) is 21.2. The van der Waals surface area contributed by atoms with Crippen LogP contribution in [0.25, 0.3) is 17.1 Å². The first-order valence-electron chi connectivity index (χ1n) is 9.77. The predicted molar refractivity (Wildman–Crippen MR) is 126 cm³/mol. The van der Waals surface area contributed by atoms with Gasteiger partial charge in [-0.1, -0.05) is 31.2 Å². The zero-order valence-electron chi connectivity index (χ0n) is 16.6. The Morgan fingerprint density at radius 3 is 2.77 bits per heavy atom. The molecule has 3 heterocycles. The third kappa shape index (κ3) is 4.45. The molecule has 0 aliphatic carbocycles. The average molecular weight is 447 g/mol. The summed E-state index contributed by atoms with van der Waals surface area (Å²) in [6, 6.07) is 19.6. The summed E-state index contributed by atoms with van der Waals surface area (Å²) in [5.74, 6) is 0.418. The van der Waals surface area contributed by atoms with Crippen LogP contribution in [0.2, 0.25) is 0 Å². The quantitative estimate of drug-likeness (QED) is 0.381. The zero-order valence-corrected chi connectivity index (χ0v) is 18.2. The van der Waals surface area contributed by atoms with Crippen LogP contribution in [0.1, 0.15) is 18.2 Å². The average Bonchev–Trinajstić information content (AvgIpc) is 3.48. The number of amidine groups is 1. The Kier molecular flexibility index (Phi) is 5.40. The molecular weight excluding hydrogens is 428 g/mol. The van der Waals surface area contributed by atoms with Crippen molar-refractivity contribution in [3.05, 3.63) is 76.9 Å². The standard InChI is InChI=1S/C23H18N4O2S2/c1-2-14-7-9-15(10-8-14)24-22-27-21(28)19(30-22)13-16-11-12-20(29-16)31-23-25-17-5-3-4-6-18(17)26-23/h3-13H,2H2,1H3,(H,25,26)(H,24,27,28)/b19-13-. The first-order chi connectivity index (χ1) is 15.2. The number of amides is 1. The molecule has 1 aliphatic heterocycles. The number of benzene rings is 2. The monoisotopic (exact) mass is 446 g/mol. The maximum atomic E-state index is 12.3. The molecule has 5 rings (SSSR count).